The van der Waals surface area contributed by atoms with E-state index in [1.165, 1.54) is 11.6 Å². The topological polar surface area (TPSA) is 29.3 Å². The third-order valence-corrected chi connectivity index (χ3v) is 3.51. The van der Waals surface area contributed by atoms with Gasteiger partial charge in [0.1, 0.15) is 5.82 Å². The average molecular weight is 286 g/mol. The van der Waals surface area contributed by atoms with Gasteiger partial charge in [0.05, 0.1) is 11.4 Å². The van der Waals surface area contributed by atoms with Crippen LogP contribution in [0.4, 0.5) is 15.8 Å². The Morgan fingerprint density at radius 3 is 2.38 bits per heavy atom. The molecule has 0 bridgehead atoms. The van der Waals surface area contributed by atoms with Crippen molar-refractivity contribution in [1.82, 2.24) is 0 Å². The smallest absolute Gasteiger partial charge is 0.128 e. The van der Waals surface area contributed by atoms with Gasteiger partial charge in [-0.05, 0) is 30.0 Å². The molecule has 0 spiro atoms. The van der Waals surface area contributed by atoms with Crippen molar-refractivity contribution in [3.63, 3.8) is 0 Å². The van der Waals surface area contributed by atoms with Crippen LogP contribution in [0.15, 0.2) is 42.5 Å². The van der Waals surface area contributed by atoms with E-state index in [1.807, 2.05) is 30.1 Å². The maximum absolute atomic E-state index is 14.2. The third-order valence-electron chi connectivity index (χ3n) is 3.51. The van der Waals surface area contributed by atoms with Crippen molar-refractivity contribution >= 4 is 11.4 Å². The van der Waals surface area contributed by atoms with E-state index in [0.29, 0.717) is 30.1 Å². The van der Waals surface area contributed by atoms with Crippen molar-refractivity contribution in [2.45, 2.75) is 26.8 Å². The maximum Gasteiger partial charge on any atom is 0.128 e. The largest absolute Gasteiger partial charge is 0.397 e. The predicted octanol–water partition coefficient (Wildman–Crippen LogP) is 4.24. The molecular weight excluding hydrogens is 263 g/mol. The first-order chi connectivity index (χ1) is 9.99. The highest BCUT2D eigenvalue weighted by Crippen LogP contribution is 2.32. The van der Waals surface area contributed by atoms with Gasteiger partial charge < -0.3 is 10.6 Å². The molecule has 21 heavy (non-hydrogen) atoms. The minimum Gasteiger partial charge on any atom is -0.397 e. The standard InChI is InChI=1S/C18H23FN2/c1-13(2)11-15-16(19)9-10-17(20)18(15)21(3)12-14-7-5-4-6-8-14/h4-10,13H,11-12,20H2,1-3H3. The molecule has 0 unspecified atom stereocenters. The van der Waals surface area contributed by atoms with Gasteiger partial charge in [0.2, 0.25) is 0 Å². The van der Waals surface area contributed by atoms with Gasteiger partial charge in [-0.15, -0.1) is 0 Å². The number of nitrogens with zero attached hydrogens (tertiary/aromatic N) is 1. The van der Waals surface area contributed by atoms with Crippen LogP contribution in [0.5, 0.6) is 0 Å². The first kappa shape index (κ1) is 15.4. The van der Waals surface area contributed by atoms with Crippen LogP contribution in [0.3, 0.4) is 0 Å². The molecule has 0 atom stereocenters. The molecule has 2 aromatic rings. The van der Waals surface area contributed by atoms with E-state index in [-0.39, 0.29) is 5.82 Å². The summed E-state index contributed by atoms with van der Waals surface area (Å²) < 4.78 is 14.2. The van der Waals surface area contributed by atoms with Crippen LogP contribution in [0.2, 0.25) is 0 Å². The van der Waals surface area contributed by atoms with Gasteiger partial charge >= 0.3 is 0 Å². The number of anilines is 2. The van der Waals surface area contributed by atoms with Crippen molar-refractivity contribution in [2.75, 3.05) is 17.7 Å². The van der Waals surface area contributed by atoms with Crippen molar-refractivity contribution in [2.24, 2.45) is 5.92 Å². The lowest BCUT2D eigenvalue weighted by atomic mass is 9.99. The lowest BCUT2D eigenvalue weighted by Crippen LogP contribution is -2.20. The number of hydrogen-bond acceptors (Lipinski definition) is 2. The second-order valence-electron chi connectivity index (χ2n) is 5.90. The Balaban J connectivity index is 2.35. The first-order valence-electron chi connectivity index (χ1n) is 7.31. The number of nitrogens with two attached hydrogens (primary N) is 1. The van der Waals surface area contributed by atoms with Crippen molar-refractivity contribution in [1.29, 1.82) is 0 Å². The summed E-state index contributed by atoms with van der Waals surface area (Å²) in [5, 5.41) is 0. The van der Waals surface area contributed by atoms with E-state index in [1.54, 1.807) is 6.07 Å². The molecule has 0 heterocycles. The molecule has 112 valence electrons. The van der Waals surface area contributed by atoms with Gasteiger partial charge in [-0.2, -0.15) is 0 Å². The Morgan fingerprint density at radius 1 is 1.10 bits per heavy atom. The number of hydrogen-bond donors (Lipinski definition) is 1. The predicted molar refractivity (Wildman–Crippen MR) is 87.9 cm³/mol. The van der Waals surface area contributed by atoms with Gasteiger partial charge in [-0.3, -0.25) is 0 Å². The molecule has 0 aliphatic rings. The monoisotopic (exact) mass is 286 g/mol. The zero-order valence-corrected chi connectivity index (χ0v) is 12.9. The minimum atomic E-state index is -0.173. The summed E-state index contributed by atoms with van der Waals surface area (Å²) >= 11 is 0. The van der Waals surface area contributed by atoms with E-state index in [4.69, 9.17) is 5.73 Å². The van der Waals surface area contributed by atoms with E-state index in [9.17, 15) is 4.39 Å². The van der Waals surface area contributed by atoms with Crippen LogP contribution in [-0.4, -0.2) is 7.05 Å². The van der Waals surface area contributed by atoms with Crippen LogP contribution in [0.25, 0.3) is 0 Å². The Hall–Kier alpha value is -2.03. The van der Waals surface area contributed by atoms with Gasteiger partial charge in [0.25, 0.3) is 0 Å². The van der Waals surface area contributed by atoms with Gasteiger partial charge in [-0.25, -0.2) is 4.39 Å². The maximum atomic E-state index is 14.2. The molecule has 2 aromatic carbocycles. The number of rotatable bonds is 5. The summed E-state index contributed by atoms with van der Waals surface area (Å²) in [7, 11) is 1.96. The molecule has 0 aliphatic heterocycles. The summed E-state index contributed by atoms with van der Waals surface area (Å²) in [6, 6.07) is 13.2. The van der Waals surface area contributed by atoms with E-state index >= 15 is 0 Å². The average Bonchev–Trinajstić information content (AvgIpc) is 2.43. The highest BCUT2D eigenvalue weighted by Gasteiger charge is 2.17. The molecule has 0 amide bonds. The number of nitrogen functional groups attached to an aromatic ring is 1. The summed E-state index contributed by atoms with van der Waals surface area (Å²) in [5.41, 5.74) is 9.45. The fourth-order valence-corrected chi connectivity index (χ4v) is 2.62. The molecule has 2 rings (SSSR count). The van der Waals surface area contributed by atoms with E-state index in [0.717, 1.165) is 5.69 Å². The summed E-state index contributed by atoms with van der Waals surface area (Å²) in [4.78, 5) is 2.03. The van der Waals surface area contributed by atoms with Crippen LogP contribution >= 0.6 is 0 Å². The molecule has 2 N–H and O–H groups in total. The Bertz CT molecular complexity index is 594. The Morgan fingerprint density at radius 2 is 1.76 bits per heavy atom. The molecule has 0 saturated heterocycles. The highest BCUT2D eigenvalue weighted by atomic mass is 19.1. The molecular formula is C18H23FN2. The first-order valence-corrected chi connectivity index (χ1v) is 7.31. The molecule has 2 nitrogen and oxygen atoms in total. The Labute approximate surface area is 126 Å². The van der Waals surface area contributed by atoms with Crippen molar-refractivity contribution in [3.8, 4) is 0 Å². The summed E-state index contributed by atoms with van der Waals surface area (Å²) in [6.07, 6.45) is 0.686. The minimum absolute atomic E-state index is 0.173. The SMILES string of the molecule is CC(C)Cc1c(F)ccc(N)c1N(C)Cc1ccccc1. The molecule has 3 heteroatoms. The number of benzene rings is 2. The molecule has 0 radical (unpaired) electrons. The zero-order chi connectivity index (χ0) is 15.4. The van der Waals surface area contributed by atoms with Gasteiger partial charge in [0, 0.05) is 19.2 Å². The summed E-state index contributed by atoms with van der Waals surface area (Å²) in [6.45, 7) is 4.88. The Kier molecular flexibility index (Phi) is 4.84. The normalized spacial score (nSPS) is 10.9. The van der Waals surface area contributed by atoms with Crippen molar-refractivity contribution < 1.29 is 4.39 Å². The molecule has 0 saturated carbocycles. The van der Waals surface area contributed by atoms with E-state index in [2.05, 4.69) is 26.0 Å². The fourth-order valence-electron chi connectivity index (χ4n) is 2.62. The second-order valence-corrected chi connectivity index (χ2v) is 5.90. The summed E-state index contributed by atoms with van der Waals surface area (Å²) in [5.74, 6) is 0.206. The third kappa shape index (κ3) is 3.75. The quantitative estimate of drug-likeness (QED) is 0.833. The second kappa shape index (κ2) is 6.61. The molecule has 0 fully saturated rings. The molecule has 0 aliphatic carbocycles. The van der Waals surface area contributed by atoms with Crippen LogP contribution in [0, 0.1) is 11.7 Å². The van der Waals surface area contributed by atoms with Gasteiger partial charge in [-0.1, -0.05) is 44.2 Å². The lowest BCUT2D eigenvalue weighted by molar-refractivity contribution is 0.573. The lowest BCUT2D eigenvalue weighted by Gasteiger charge is -2.25. The zero-order valence-electron chi connectivity index (χ0n) is 12.9. The molecule has 0 aromatic heterocycles. The van der Waals surface area contributed by atoms with Gasteiger partial charge in [0.15, 0.2) is 0 Å². The van der Waals surface area contributed by atoms with Crippen LogP contribution in [0.1, 0.15) is 25.0 Å². The van der Waals surface area contributed by atoms with Crippen molar-refractivity contribution in [3.05, 3.63) is 59.4 Å². The fraction of sp³-hybridized carbons (Fsp3) is 0.333. The highest BCUT2D eigenvalue weighted by molar-refractivity contribution is 5.71. The van der Waals surface area contributed by atoms with Crippen LogP contribution in [-0.2, 0) is 13.0 Å². The van der Waals surface area contributed by atoms with E-state index < -0.39 is 0 Å². The number of halogens is 1. The van der Waals surface area contributed by atoms with Crippen LogP contribution < -0.4 is 10.6 Å².